The fraction of sp³-hybridized carbons (Fsp3) is 0.138. The number of rotatable bonds is 4. The number of thiocarbonyl (C=S) groups is 1. The zero-order chi connectivity index (χ0) is 25.8. The van der Waals surface area contributed by atoms with Gasteiger partial charge in [-0.15, -0.1) is 0 Å². The summed E-state index contributed by atoms with van der Waals surface area (Å²) in [7, 11) is 0. The predicted molar refractivity (Wildman–Crippen MR) is 149 cm³/mol. The molecule has 1 aliphatic rings. The number of fused-ring (bicyclic) bond motifs is 1. The molecule has 186 valence electrons. The van der Waals surface area contributed by atoms with Crippen LogP contribution >= 0.6 is 12.2 Å². The van der Waals surface area contributed by atoms with Crippen LogP contribution in [0.1, 0.15) is 20.7 Å². The van der Waals surface area contributed by atoms with E-state index < -0.39 is 5.82 Å². The molecule has 1 aliphatic heterocycles. The fourth-order valence-electron chi connectivity index (χ4n) is 4.40. The van der Waals surface area contributed by atoms with E-state index in [2.05, 4.69) is 15.5 Å². The molecule has 0 aliphatic carbocycles. The first-order valence-electron chi connectivity index (χ1n) is 12.0. The van der Waals surface area contributed by atoms with E-state index in [-0.39, 0.29) is 22.5 Å². The van der Waals surface area contributed by atoms with Crippen molar-refractivity contribution in [2.45, 2.75) is 0 Å². The minimum atomic E-state index is -0.496. The second kappa shape index (κ2) is 10.8. The van der Waals surface area contributed by atoms with Gasteiger partial charge in [-0.25, -0.2) is 4.39 Å². The molecule has 1 fully saturated rings. The molecule has 0 aromatic heterocycles. The van der Waals surface area contributed by atoms with Crippen molar-refractivity contribution >= 4 is 51.3 Å². The third-order valence-corrected chi connectivity index (χ3v) is 6.60. The number of piperazine rings is 1. The quantitative estimate of drug-likeness (QED) is 0.374. The lowest BCUT2D eigenvalue weighted by Gasteiger charge is -2.36. The van der Waals surface area contributed by atoms with Crippen LogP contribution in [0.3, 0.4) is 0 Å². The van der Waals surface area contributed by atoms with Crippen molar-refractivity contribution in [2.75, 3.05) is 36.4 Å². The highest BCUT2D eigenvalue weighted by Crippen LogP contribution is 2.21. The first-order valence-corrected chi connectivity index (χ1v) is 12.4. The Morgan fingerprint density at radius 1 is 0.784 bits per heavy atom. The first-order chi connectivity index (χ1) is 18.0. The molecular formula is C29H25FN4O2S. The van der Waals surface area contributed by atoms with Crippen molar-refractivity contribution in [3.63, 3.8) is 0 Å². The summed E-state index contributed by atoms with van der Waals surface area (Å²) in [6.07, 6.45) is 0. The number of carbonyl (C=O) groups is 2. The van der Waals surface area contributed by atoms with Crippen molar-refractivity contribution in [1.82, 2.24) is 10.2 Å². The average molecular weight is 513 g/mol. The van der Waals surface area contributed by atoms with Gasteiger partial charge in [0.1, 0.15) is 5.82 Å². The predicted octanol–water partition coefficient (Wildman–Crippen LogP) is 5.07. The van der Waals surface area contributed by atoms with E-state index in [1.165, 1.54) is 12.1 Å². The van der Waals surface area contributed by atoms with Crippen LogP contribution in [0, 0.1) is 5.82 Å². The molecule has 0 saturated carbocycles. The van der Waals surface area contributed by atoms with Crippen LogP contribution in [0.2, 0.25) is 0 Å². The Morgan fingerprint density at radius 3 is 2.19 bits per heavy atom. The minimum Gasteiger partial charge on any atom is -0.368 e. The monoisotopic (exact) mass is 512 g/mol. The van der Waals surface area contributed by atoms with Gasteiger partial charge in [-0.05, 0) is 71.5 Å². The normalized spacial score (nSPS) is 13.3. The van der Waals surface area contributed by atoms with Crippen LogP contribution in [-0.4, -0.2) is 48.0 Å². The molecule has 0 radical (unpaired) electrons. The molecule has 5 rings (SSSR count). The maximum atomic E-state index is 14.0. The average Bonchev–Trinajstić information content (AvgIpc) is 2.93. The Balaban J connectivity index is 1.14. The molecule has 2 amide bonds. The van der Waals surface area contributed by atoms with Crippen LogP contribution in [0.25, 0.3) is 10.8 Å². The number of hydrogen-bond acceptors (Lipinski definition) is 4. The summed E-state index contributed by atoms with van der Waals surface area (Å²) in [6, 6.07) is 27.2. The zero-order valence-electron chi connectivity index (χ0n) is 20.0. The lowest BCUT2D eigenvalue weighted by atomic mass is 10.1. The summed E-state index contributed by atoms with van der Waals surface area (Å²) in [4.78, 5) is 29.1. The molecule has 0 spiro atoms. The molecule has 0 unspecified atom stereocenters. The van der Waals surface area contributed by atoms with Gasteiger partial charge >= 0.3 is 0 Å². The molecule has 1 saturated heterocycles. The molecule has 0 bridgehead atoms. The van der Waals surface area contributed by atoms with E-state index in [1.54, 1.807) is 23.1 Å². The SMILES string of the molecule is O=C(NC(=S)Nc1ccc(N2CCN(C(=O)c3ccccc3F)CC2)cc1)c1ccc2ccccc2c1. The fourth-order valence-corrected chi connectivity index (χ4v) is 4.61. The van der Waals surface area contributed by atoms with E-state index in [4.69, 9.17) is 12.2 Å². The smallest absolute Gasteiger partial charge is 0.257 e. The molecule has 4 aromatic carbocycles. The van der Waals surface area contributed by atoms with Crippen molar-refractivity contribution in [3.05, 3.63) is 108 Å². The largest absolute Gasteiger partial charge is 0.368 e. The maximum Gasteiger partial charge on any atom is 0.257 e. The van der Waals surface area contributed by atoms with E-state index in [9.17, 15) is 14.0 Å². The number of carbonyl (C=O) groups excluding carboxylic acids is 2. The minimum absolute atomic E-state index is 0.107. The molecule has 4 aromatic rings. The first kappa shape index (κ1) is 24.4. The van der Waals surface area contributed by atoms with Gasteiger partial charge < -0.3 is 15.1 Å². The summed E-state index contributed by atoms with van der Waals surface area (Å²) >= 11 is 5.34. The Hall–Kier alpha value is -4.30. The van der Waals surface area contributed by atoms with Gasteiger partial charge in [-0.1, -0.05) is 42.5 Å². The van der Waals surface area contributed by atoms with Gasteiger partial charge in [-0.2, -0.15) is 0 Å². The molecule has 1 heterocycles. The Kier molecular flexibility index (Phi) is 7.09. The second-order valence-electron chi connectivity index (χ2n) is 8.78. The summed E-state index contributed by atoms with van der Waals surface area (Å²) < 4.78 is 14.0. The van der Waals surface area contributed by atoms with E-state index in [1.807, 2.05) is 60.7 Å². The number of anilines is 2. The maximum absolute atomic E-state index is 14.0. The van der Waals surface area contributed by atoms with Gasteiger partial charge in [0.05, 0.1) is 5.56 Å². The van der Waals surface area contributed by atoms with Crippen molar-refractivity contribution < 1.29 is 14.0 Å². The number of amides is 2. The highest BCUT2D eigenvalue weighted by Gasteiger charge is 2.24. The lowest BCUT2D eigenvalue weighted by Crippen LogP contribution is -2.49. The Morgan fingerprint density at radius 2 is 1.46 bits per heavy atom. The highest BCUT2D eigenvalue weighted by molar-refractivity contribution is 7.80. The van der Waals surface area contributed by atoms with Gasteiger partial charge in [0.2, 0.25) is 0 Å². The van der Waals surface area contributed by atoms with Gasteiger partial charge in [0.15, 0.2) is 5.11 Å². The molecule has 37 heavy (non-hydrogen) atoms. The number of hydrogen-bond donors (Lipinski definition) is 2. The van der Waals surface area contributed by atoms with Crippen LogP contribution < -0.4 is 15.5 Å². The third kappa shape index (κ3) is 5.59. The zero-order valence-corrected chi connectivity index (χ0v) is 20.8. The third-order valence-electron chi connectivity index (χ3n) is 6.40. The number of nitrogens with one attached hydrogen (secondary N) is 2. The van der Waals surface area contributed by atoms with Gasteiger partial charge in [-0.3, -0.25) is 14.9 Å². The van der Waals surface area contributed by atoms with E-state index in [0.717, 1.165) is 22.1 Å². The van der Waals surface area contributed by atoms with Crippen LogP contribution in [0.5, 0.6) is 0 Å². The Bertz CT molecular complexity index is 1470. The number of benzene rings is 4. The topological polar surface area (TPSA) is 64.7 Å². The van der Waals surface area contributed by atoms with Crippen LogP contribution in [0.15, 0.2) is 91.0 Å². The summed E-state index contributed by atoms with van der Waals surface area (Å²) in [5.74, 6) is -1.05. The number of nitrogens with zero attached hydrogens (tertiary/aromatic N) is 2. The second-order valence-corrected chi connectivity index (χ2v) is 9.18. The Labute approximate surface area is 219 Å². The van der Waals surface area contributed by atoms with E-state index >= 15 is 0 Å². The summed E-state index contributed by atoms with van der Waals surface area (Å²) in [6.45, 7) is 2.32. The van der Waals surface area contributed by atoms with Crippen molar-refractivity contribution in [1.29, 1.82) is 0 Å². The molecule has 8 heteroatoms. The van der Waals surface area contributed by atoms with Crippen molar-refractivity contribution in [2.24, 2.45) is 0 Å². The summed E-state index contributed by atoms with van der Waals surface area (Å²) in [5.41, 5.74) is 2.40. The highest BCUT2D eigenvalue weighted by atomic mass is 32.1. The van der Waals surface area contributed by atoms with Gasteiger partial charge in [0, 0.05) is 43.1 Å². The van der Waals surface area contributed by atoms with Crippen LogP contribution in [-0.2, 0) is 0 Å². The molecular weight excluding hydrogens is 487 g/mol. The summed E-state index contributed by atoms with van der Waals surface area (Å²) in [5, 5.41) is 8.04. The lowest BCUT2D eigenvalue weighted by molar-refractivity contribution is 0.0742. The van der Waals surface area contributed by atoms with Gasteiger partial charge in [0.25, 0.3) is 11.8 Å². The molecule has 6 nitrogen and oxygen atoms in total. The molecule has 2 N–H and O–H groups in total. The molecule has 0 atom stereocenters. The van der Waals surface area contributed by atoms with Crippen molar-refractivity contribution in [3.8, 4) is 0 Å². The number of halogens is 1. The van der Waals surface area contributed by atoms with Crippen LogP contribution in [0.4, 0.5) is 15.8 Å². The van der Waals surface area contributed by atoms with E-state index in [0.29, 0.717) is 31.7 Å². The standard InChI is InChI=1S/C29H25FN4O2S/c30-26-8-4-3-7-25(26)28(36)34-17-15-33(16-18-34)24-13-11-23(12-14-24)31-29(37)32-27(35)22-10-9-20-5-1-2-6-21(20)19-22/h1-14,19H,15-18H2,(H2,31,32,35,37).